The SMILES string of the molecule is C=C1/C=C\C=C/CCC(Nc2cc3c(=O)c(C(=O)N4CCOCC4)cn(CC)c3cn2)C1. The molecule has 2 aliphatic rings. The maximum atomic E-state index is 13.3. The summed E-state index contributed by atoms with van der Waals surface area (Å²) in [6.07, 6.45) is 14.3. The van der Waals surface area contributed by atoms with Crippen LogP contribution in [0.25, 0.3) is 10.9 Å². The normalized spacial score (nSPS) is 21.5. The number of allylic oxidation sites excluding steroid dienone is 4. The summed E-state index contributed by atoms with van der Waals surface area (Å²) in [7, 11) is 0. The lowest BCUT2D eigenvalue weighted by Crippen LogP contribution is -2.42. The first-order valence-electron chi connectivity index (χ1n) is 11.2. The fraction of sp³-hybridized carbons (Fsp3) is 0.400. The van der Waals surface area contributed by atoms with Gasteiger partial charge in [-0.2, -0.15) is 0 Å². The molecule has 7 heteroatoms. The first-order chi connectivity index (χ1) is 15.6. The second kappa shape index (κ2) is 9.96. The number of ether oxygens (including phenoxy) is 1. The summed E-state index contributed by atoms with van der Waals surface area (Å²) in [4.78, 5) is 32.7. The number of amides is 1. The minimum atomic E-state index is -0.253. The molecule has 7 nitrogen and oxygen atoms in total. The standard InChI is InChI=1S/C25H30N4O3/c1-3-28-17-21(25(31)29-10-12-32-13-11-29)24(30)20-15-23(26-16-22(20)28)27-19-9-7-5-4-6-8-18(2)14-19/h4-6,8,15-17,19H,2-3,7,9-14H2,1H3,(H,26,27)/b5-4-,8-6-. The van der Waals surface area contributed by atoms with Gasteiger partial charge in [0.15, 0.2) is 0 Å². The van der Waals surface area contributed by atoms with Gasteiger partial charge >= 0.3 is 0 Å². The lowest BCUT2D eigenvalue weighted by molar-refractivity contribution is 0.0301. The lowest BCUT2D eigenvalue weighted by atomic mass is 10.0. The van der Waals surface area contributed by atoms with Gasteiger partial charge in [0.1, 0.15) is 11.4 Å². The largest absolute Gasteiger partial charge is 0.378 e. The number of hydrogen-bond donors (Lipinski definition) is 1. The highest BCUT2D eigenvalue weighted by molar-refractivity contribution is 5.97. The van der Waals surface area contributed by atoms with Crippen LogP contribution in [0.3, 0.4) is 0 Å². The topological polar surface area (TPSA) is 76.5 Å². The quantitative estimate of drug-likeness (QED) is 0.797. The Morgan fingerprint density at radius 3 is 2.91 bits per heavy atom. The maximum Gasteiger partial charge on any atom is 0.259 e. The number of anilines is 1. The fourth-order valence-corrected chi connectivity index (χ4v) is 4.20. The molecule has 1 atom stereocenters. The van der Waals surface area contributed by atoms with Gasteiger partial charge in [0.25, 0.3) is 5.91 Å². The van der Waals surface area contributed by atoms with Gasteiger partial charge in [-0.1, -0.05) is 36.5 Å². The van der Waals surface area contributed by atoms with E-state index in [1.54, 1.807) is 23.4 Å². The zero-order chi connectivity index (χ0) is 22.5. The second-order valence-electron chi connectivity index (χ2n) is 8.22. The number of nitrogens with zero attached hydrogens (tertiary/aromatic N) is 3. The highest BCUT2D eigenvalue weighted by Crippen LogP contribution is 2.20. The zero-order valence-electron chi connectivity index (χ0n) is 18.5. The van der Waals surface area contributed by atoms with Gasteiger partial charge in [0.2, 0.25) is 5.43 Å². The van der Waals surface area contributed by atoms with Crippen LogP contribution in [0.15, 0.2) is 59.7 Å². The molecular formula is C25H30N4O3. The van der Waals surface area contributed by atoms with Crippen molar-refractivity contribution in [3.63, 3.8) is 0 Å². The molecule has 1 fully saturated rings. The molecule has 0 bridgehead atoms. The number of hydrogen-bond acceptors (Lipinski definition) is 5. The number of aryl methyl sites for hydroxylation is 1. The molecule has 2 aromatic heterocycles. The monoisotopic (exact) mass is 434 g/mol. The van der Waals surface area contributed by atoms with E-state index < -0.39 is 0 Å². The number of fused-ring (bicyclic) bond motifs is 1. The zero-order valence-corrected chi connectivity index (χ0v) is 18.5. The summed E-state index contributed by atoms with van der Waals surface area (Å²) >= 11 is 0. The summed E-state index contributed by atoms with van der Waals surface area (Å²) in [5.41, 5.74) is 1.72. The van der Waals surface area contributed by atoms with Gasteiger partial charge in [-0.3, -0.25) is 9.59 Å². The van der Waals surface area contributed by atoms with Crippen molar-refractivity contribution in [1.82, 2.24) is 14.5 Å². The number of aromatic nitrogens is 2. The summed E-state index contributed by atoms with van der Waals surface area (Å²) in [6.45, 7) is 8.74. The van der Waals surface area contributed by atoms with Crippen molar-refractivity contribution in [2.45, 2.75) is 38.8 Å². The van der Waals surface area contributed by atoms with Crippen LogP contribution in [0.2, 0.25) is 0 Å². The highest BCUT2D eigenvalue weighted by Gasteiger charge is 2.23. The summed E-state index contributed by atoms with van der Waals surface area (Å²) in [5.74, 6) is 0.401. The van der Waals surface area contributed by atoms with Crippen molar-refractivity contribution in [3.05, 3.63) is 70.7 Å². The van der Waals surface area contributed by atoms with E-state index in [1.807, 2.05) is 29.7 Å². The van der Waals surface area contributed by atoms with E-state index in [4.69, 9.17) is 4.74 Å². The van der Waals surface area contributed by atoms with E-state index >= 15 is 0 Å². The Kier molecular flexibility index (Phi) is 6.85. The third kappa shape index (κ3) is 4.83. The minimum Gasteiger partial charge on any atom is -0.378 e. The van der Waals surface area contributed by atoms with Crippen LogP contribution in [-0.2, 0) is 11.3 Å². The Labute approximate surface area is 188 Å². The highest BCUT2D eigenvalue weighted by atomic mass is 16.5. The van der Waals surface area contributed by atoms with Crippen molar-refractivity contribution in [2.24, 2.45) is 0 Å². The molecule has 1 N–H and O–H groups in total. The van der Waals surface area contributed by atoms with E-state index in [0.29, 0.717) is 44.1 Å². The molecule has 1 aliphatic carbocycles. The number of carbonyl (C=O) groups is 1. The van der Waals surface area contributed by atoms with E-state index in [9.17, 15) is 9.59 Å². The Hall–Kier alpha value is -3.19. The van der Waals surface area contributed by atoms with Gasteiger partial charge in [0.05, 0.1) is 30.3 Å². The maximum absolute atomic E-state index is 13.3. The molecule has 0 radical (unpaired) electrons. The summed E-state index contributed by atoms with van der Waals surface area (Å²) in [5, 5.41) is 3.98. The molecular weight excluding hydrogens is 404 g/mol. The van der Waals surface area contributed by atoms with Crippen molar-refractivity contribution >= 4 is 22.6 Å². The van der Waals surface area contributed by atoms with Crippen LogP contribution in [0, 0.1) is 0 Å². The van der Waals surface area contributed by atoms with E-state index in [-0.39, 0.29) is 22.9 Å². The van der Waals surface area contributed by atoms with Crippen LogP contribution in [0.1, 0.15) is 36.5 Å². The first kappa shape index (κ1) is 22.0. The van der Waals surface area contributed by atoms with Crippen molar-refractivity contribution < 1.29 is 9.53 Å². The summed E-state index contributed by atoms with van der Waals surface area (Å²) in [6, 6.07) is 1.94. The molecule has 32 heavy (non-hydrogen) atoms. The minimum absolute atomic E-state index is 0.159. The van der Waals surface area contributed by atoms with E-state index in [1.165, 1.54) is 0 Å². The summed E-state index contributed by atoms with van der Waals surface area (Å²) < 4.78 is 7.26. The average Bonchev–Trinajstić information content (AvgIpc) is 2.91. The number of morpholine rings is 1. The lowest BCUT2D eigenvalue weighted by Gasteiger charge is -2.27. The molecule has 4 rings (SSSR count). The second-order valence-corrected chi connectivity index (χ2v) is 8.22. The molecule has 1 saturated heterocycles. The van der Waals surface area contributed by atoms with E-state index in [2.05, 4.69) is 23.0 Å². The van der Waals surface area contributed by atoms with Crippen molar-refractivity contribution in [3.8, 4) is 0 Å². The molecule has 3 heterocycles. The van der Waals surface area contributed by atoms with Gasteiger partial charge in [0, 0.05) is 31.9 Å². The van der Waals surface area contributed by atoms with Crippen molar-refractivity contribution in [1.29, 1.82) is 0 Å². The van der Waals surface area contributed by atoms with Crippen LogP contribution in [-0.4, -0.2) is 52.7 Å². The predicted octanol–water partition coefficient (Wildman–Crippen LogP) is 3.52. The van der Waals surface area contributed by atoms with E-state index in [0.717, 1.165) is 30.4 Å². The van der Waals surface area contributed by atoms with Crippen molar-refractivity contribution in [2.75, 3.05) is 31.6 Å². The predicted molar refractivity (Wildman–Crippen MR) is 127 cm³/mol. The molecule has 168 valence electrons. The van der Waals surface area contributed by atoms with Gasteiger partial charge < -0.3 is 19.5 Å². The van der Waals surface area contributed by atoms with Gasteiger partial charge in [-0.05, 0) is 32.3 Å². The Balaban J connectivity index is 1.67. The third-order valence-corrected chi connectivity index (χ3v) is 5.96. The Morgan fingerprint density at radius 2 is 2.12 bits per heavy atom. The number of rotatable bonds is 4. The molecule has 0 spiro atoms. The average molecular weight is 435 g/mol. The third-order valence-electron chi connectivity index (χ3n) is 5.96. The molecule has 2 aromatic rings. The van der Waals surface area contributed by atoms with Gasteiger partial charge in [-0.25, -0.2) is 4.98 Å². The van der Waals surface area contributed by atoms with Crippen LogP contribution in [0.4, 0.5) is 5.82 Å². The van der Waals surface area contributed by atoms with Crippen LogP contribution in [0.5, 0.6) is 0 Å². The number of nitrogens with one attached hydrogen (secondary N) is 1. The first-order valence-corrected chi connectivity index (χ1v) is 11.2. The molecule has 0 aromatic carbocycles. The van der Waals surface area contributed by atoms with Crippen LogP contribution >= 0.6 is 0 Å². The number of carbonyl (C=O) groups excluding carboxylic acids is 1. The Bertz CT molecular complexity index is 1130. The fourth-order valence-electron chi connectivity index (χ4n) is 4.20. The molecule has 1 unspecified atom stereocenters. The Morgan fingerprint density at radius 1 is 1.31 bits per heavy atom. The number of pyridine rings is 2. The molecule has 0 saturated carbocycles. The molecule has 1 aliphatic heterocycles. The molecule has 1 amide bonds. The van der Waals surface area contributed by atoms with Gasteiger partial charge in [-0.15, -0.1) is 0 Å². The smallest absolute Gasteiger partial charge is 0.259 e. The van der Waals surface area contributed by atoms with Crippen LogP contribution < -0.4 is 10.7 Å².